The maximum Gasteiger partial charge on any atom is 0.232 e. The van der Waals surface area contributed by atoms with Crippen molar-refractivity contribution in [1.29, 1.82) is 0 Å². The van der Waals surface area contributed by atoms with Gasteiger partial charge in [-0.25, -0.2) is 4.98 Å². The van der Waals surface area contributed by atoms with E-state index in [9.17, 15) is 0 Å². The topological polar surface area (TPSA) is 90.3 Å². The van der Waals surface area contributed by atoms with Gasteiger partial charge in [0.15, 0.2) is 0 Å². The summed E-state index contributed by atoms with van der Waals surface area (Å²) in [6.07, 6.45) is 1.65. The maximum absolute atomic E-state index is 5.52. The Balaban J connectivity index is 2.90. The fourth-order valence-corrected chi connectivity index (χ4v) is 1.61. The van der Waals surface area contributed by atoms with Crippen LogP contribution in [0.25, 0.3) is 0 Å². The van der Waals surface area contributed by atoms with Gasteiger partial charge in [0.2, 0.25) is 11.8 Å². The zero-order chi connectivity index (χ0) is 12.0. The van der Waals surface area contributed by atoms with Crippen molar-refractivity contribution in [3.63, 3.8) is 0 Å². The summed E-state index contributed by atoms with van der Waals surface area (Å²) < 4.78 is 5.83. The average molecular weight is 290 g/mol. The van der Waals surface area contributed by atoms with Crippen LogP contribution in [0.1, 0.15) is 0 Å². The lowest BCUT2D eigenvalue weighted by Crippen LogP contribution is -2.35. The number of ether oxygens (including phenoxy) is 1. The molecule has 0 amide bonds. The molecule has 0 aliphatic rings. The zero-order valence-corrected chi connectivity index (χ0v) is 10.8. The van der Waals surface area contributed by atoms with E-state index in [1.807, 2.05) is 4.90 Å². The predicted octanol–water partition coefficient (Wildman–Crippen LogP) is -0.0285. The molecule has 90 valence electrons. The van der Waals surface area contributed by atoms with Crippen LogP contribution >= 0.6 is 15.9 Å². The standard InChI is InChI=1S/C9H16BrN5O/c1-16-8-7(10)6-13-9(14-8)15(4-2-11)5-3-12/h6H,2-5,11-12H2,1H3. The molecule has 0 bridgehead atoms. The minimum Gasteiger partial charge on any atom is -0.480 e. The van der Waals surface area contributed by atoms with Crippen LogP contribution in [-0.4, -0.2) is 43.3 Å². The lowest BCUT2D eigenvalue weighted by Gasteiger charge is -2.21. The molecular weight excluding hydrogens is 274 g/mol. The first-order valence-electron chi connectivity index (χ1n) is 4.94. The van der Waals surface area contributed by atoms with Gasteiger partial charge in [-0.05, 0) is 15.9 Å². The van der Waals surface area contributed by atoms with Crippen LogP contribution in [0.2, 0.25) is 0 Å². The number of aromatic nitrogens is 2. The summed E-state index contributed by atoms with van der Waals surface area (Å²) in [6.45, 7) is 2.40. The Morgan fingerprint density at radius 2 is 2.00 bits per heavy atom. The van der Waals surface area contributed by atoms with E-state index >= 15 is 0 Å². The Bertz CT molecular complexity index is 330. The largest absolute Gasteiger partial charge is 0.480 e. The third-order valence-corrected chi connectivity index (χ3v) is 2.52. The Morgan fingerprint density at radius 1 is 1.38 bits per heavy atom. The molecule has 0 unspecified atom stereocenters. The number of nitrogens with two attached hydrogens (primary N) is 2. The van der Waals surface area contributed by atoms with Crippen LogP contribution < -0.4 is 21.1 Å². The molecule has 0 radical (unpaired) electrons. The zero-order valence-electron chi connectivity index (χ0n) is 9.19. The van der Waals surface area contributed by atoms with Crippen molar-refractivity contribution in [2.24, 2.45) is 11.5 Å². The van der Waals surface area contributed by atoms with E-state index in [-0.39, 0.29) is 0 Å². The van der Waals surface area contributed by atoms with Crippen LogP contribution in [0.4, 0.5) is 5.95 Å². The molecule has 4 N–H and O–H groups in total. The summed E-state index contributed by atoms with van der Waals surface area (Å²) in [4.78, 5) is 10.4. The van der Waals surface area contributed by atoms with E-state index in [0.29, 0.717) is 38.0 Å². The third-order valence-electron chi connectivity index (χ3n) is 1.97. The van der Waals surface area contributed by atoms with Crippen molar-refractivity contribution in [1.82, 2.24) is 9.97 Å². The van der Waals surface area contributed by atoms with Gasteiger partial charge in [0.05, 0.1) is 17.8 Å². The number of anilines is 1. The number of methoxy groups -OCH3 is 1. The molecular formula is C9H16BrN5O. The summed E-state index contributed by atoms with van der Waals surface area (Å²) in [5.74, 6) is 1.08. The second kappa shape index (κ2) is 6.62. The highest BCUT2D eigenvalue weighted by atomic mass is 79.9. The van der Waals surface area contributed by atoms with Crippen LogP contribution in [0.5, 0.6) is 5.88 Å². The Morgan fingerprint density at radius 3 is 2.50 bits per heavy atom. The molecule has 1 heterocycles. The second-order valence-corrected chi connectivity index (χ2v) is 3.95. The Hall–Kier alpha value is -0.920. The third kappa shape index (κ3) is 3.29. The predicted molar refractivity (Wildman–Crippen MR) is 66.6 cm³/mol. The minimum absolute atomic E-state index is 0.504. The molecule has 7 heteroatoms. The van der Waals surface area contributed by atoms with Gasteiger partial charge in [0.25, 0.3) is 0 Å². The Labute approximate surface area is 103 Å². The van der Waals surface area contributed by atoms with E-state index in [0.717, 1.165) is 4.47 Å². The van der Waals surface area contributed by atoms with E-state index in [1.165, 1.54) is 0 Å². The van der Waals surface area contributed by atoms with Gasteiger partial charge < -0.3 is 21.1 Å². The molecule has 0 atom stereocenters. The number of halogens is 1. The fourth-order valence-electron chi connectivity index (χ4n) is 1.26. The van der Waals surface area contributed by atoms with Gasteiger partial charge in [-0.2, -0.15) is 4.98 Å². The van der Waals surface area contributed by atoms with E-state index in [2.05, 4.69) is 25.9 Å². The number of hydrogen-bond acceptors (Lipinski definition) is 6. The van der Waals surface area contributed by atoms with Crippen LogP contribution in [-0.2, 0) is 0 Å². The molecule has 0 aliphatic carbocycles. The summed E-state index contributed by atoms with van der Waals surface area (Å²) >= 11 is 3.30. The monoisotopic (exact) mass is 289 g/mol. The highest BCUT2D eigenvalue weighted by Crippen LogP contribution is 2.23. The van der Waals surface area contributed by atoms with Gasteiger partial charge in [0.1, 0.15) is 0 Å². The van der Waals surface area contributed by atoms with E-state index < -0.39 is 0 Å². The number of rotatable bonds is 6. The molecule has 0 saturated heterocycles. The molecule has 0 fully saturated rings. The first-order chi connectivity index (χ1) is 7.72. The molecule has 0 aliphatic heterocycles. The molecule has 0 aromatic carbocycles. The van der Waals surface area contributed by atoms with Gasteiger partial charge in [-0.3, -0.25) is 0 Å². The van der Waals surface area contributed by atoms with Gasteiger partial charge in [0, 0.05) is 26.2 Å². The van der Waals surface area contributed by atoms with Crippen molar-refractivity contribution in [3.8, 4) is 5.88 Å². The first-order valence-corrected chi connectivity index (χ1v) is 5.73. The Kier molecular flexibility index (Phi) is 5.44. The second-order valence-electron chi connectivity index (χ2n) is 3.09. The molecule has 6 nitrogen and oxygen atoms in total. The van der Waals surface area contributed by atoms with Gasteiger partial charge >= 0.3 is 0 Å². The first kappa shape index (κ1) is 13.1. The number of nitrogens with zero attached hydrogens (tertiary/aromatic N) is 3. The quantitative estimate of drug-likeness (QED) is 0.764. The van der Waals surface area contributed by atoms with Crippen molar-refractivity contribution in [3.05, 3.63) is 10.7 Å². The lowest BCUT2D eigenvalue weighted by atomic mass is 10.5. The van der Waals surface area contributed by atoms with E-state index in [4.69, 9.17) is 16.2 Å². The smallest absolute Gasteiger partial charge is 0.232 e. The summed E-state index contributed by atoms with van der Waals surface area (Å²) in [5.41, 5.74) is 11.0. The molecule has 1 aromatic heterocycles. The van der Waals surface area contributed by atoms with Crippen molar-refractivity contribution < 1.29 is 4.74 Å². The van der Waals surface area contributed by atoms with Gasteiger partial charge in [-0.15, -0.1) is 0 Å². The maximum atomic E-state index is 5.52. The highest BCUT2D eigenvalue weighted by Gasteiger charge is 2.11. The minimum atomic E-state index is 0.504. The normalized spacial score (nSPS) is 10.2. The summed E-state index contributed by atoms with van der Waals surface area (Å²) in [5, 5.41) is 0. The molecule has 1 aromatic rings. The van der Waals surface area contributed by atoms with E-state index in [1.54, 1.807) is 13.3 Å². The average Bonchev–Trinajstić information content (AvgIpc) is 2.29. The van der Waals surface area contributed by atoms with Gasteiger partial charge in [-0.1, -0.05) is 0 Å². The van der Waals surface area contributed by atoms with Crippen LogP contribution in [0.15, 0.2) is 10.7 Å². The summed E-state index contributed by atoms with van der Waals surface area (Å²) in [6, 6.07) is 0. The van der Waals surface area contributed by atoms with Crippen LogP contribution in [0, 0.1) is 0 Å². The molecule has 0 saturated carbocycles. The van der Waals surface area contributed by atoms with Crippen molar-refractivity contribution in [2.75, 3.05) is 38.2 Å². The molecule has 16 heavy (non-hydrogen) atoms. The fraction of sp³-hybridized carbons (Fsp3) is 0.556. The number of hydrogen-bond donors (Lipinski definition) is 2. The SMILES string of the molecule is COc1nc(N(CCN)CCN)ncc1Br. The molecule has 0 spiro atoms. The highest BCUT2D eigenvalue weighted by molar-refractivity contribution is 9.10. The summed E-state index contributed by atoms with van der Waals surface area (Å²) in [7, 11) is 1.56. The van der Waals surface area contributed by atoms with Crippen LogP contribution in [0.3, 0.4) is 0 Å². The molecule has 1 rings (SSSR count). The van der Waals surface area contributed by atoms with Crippen molar-refractivity contribution in [2.45, 2.75) is 0 Å². The van der Waals surface area contributed by atoms with Crippen molar-refractivity contribution >= 4 is 21.9 Å². The lowest BCUT2D eigenvalue weighted by molar-refractivity contribution is 0.393.